The molecular weight excluding hydrogens is 271 g/mol. The standard InChI is InChI=1S/C14H13FN6/c1-3-10-12-13(20(2)19-10)21(14(17)18-12)11-5-4-8(7-16)6-9(11)15/h4-6H,3H2,1-2H3,(H2,17,18). The first-order chi connectivity index (χ1) is 10.1. The molecule has 2 N–H and O–H groups in total. The van der Waals surface area contributed by atoms with E-state index in [0.29, 0.717) is 17.6 Å². The number of nitriles is 1. The molecule has 0 amide bonds. The Morgan fingerprint density at radius 1 is 1.43 bits per heavy atom. The van der Waals surface area contributed by atoms with Crippen molar-refractivity contribution in [1.29, 1.82) is 5.26 Å². The van der Waals surface area contributed by atoms with E-state index in [-0.39, 0.29) is 17.2 Å². The first kappa shape index (κ1) is 13.1. The van der Waals surface area contributed by atoms with Gasteiger partial charge in [-0.15, -0.1) is 0 Å². The number of halogens is 1. The van der Waals surface area contributed by atoms with Crippen LogP contribution >= 0.6 is 0 Å². The maximum Gasteiger partial charge on any atom is 0.207 e. The number of rotatable bonds is 2. The van der Waals surface area contributed by atoms with Crippen LogP contribution in [0.5, 0.6) is 0 Å². The largest absolute Gasteiger partial charge is 0.369 e. The molecule has 6 nitrogen and oxygen atoms in total. The van der Waals surface area contributed by atoms with E-state index in [1.54, 1.807) is 17.8 Å². The SMILES string of the molecule is CCc1nn(C)c2c1nc(N)n2-c1ccc(C#N)cc1F. The zero-order chi connectivity index (χ0) is 15.1. The van der Waals surface area contributed by atoms with Crippen molar-refractivity contribution in [3.05, 3.63) is 35.3 Å². The molecule has 0 aliphatic rings. The van der Waals surface area contributed by atoms with Crippen molar-refractivity contribution in [3.8, 4) is 11.8 Å². The summed E-state index contributed by atoms with van der Waals surface area (Å²) in [7, 11) is 1.76. The molecule has 0 aliphatic carbocycles. The van der Waals surface area contributed by atoms with Gasteiger partial charge in [-0.25, -0.2) is 14.1 Å². The fraction of sp³-hybridized carbons (Fsp3) is 0.214. The van der Waals surface area contributed by atoms with Crippen LogP contribution in [0.1, 0.15) is 18.2 Å². The Labute approximate surface area is 120 Å². The number of imidazole rings is 1. The predicted molar refractivity (Wildman–Crippen MR) is 76.3 cm³/mol. The smallest absolute Gasteiger partial charge is 0.207 e. The zero-order valence-corrected chi connectivity index (χ0v) is 11.6. The molecule has 0 spiro atoms. The van der Waals surface area contributed by atoms with Gasteiger partial charge in [0.15, 0.2) is 5.65 Å². The highest BCUT2D eigenvalue weighted by atomic mass is 19.1. The van der Waals surface area contributed by atoms with Crippen molar-refractivity contribution in [2.24, 2.45) is 7.05 Å². The van der Waals surface area contributed by atoms with E-state index < -0.39 is 5.82 Å². The van der Waals surface area contributed by atoms with Gasteiger partial charge in [-0.3, -0.25) is 4.57 Å². The summed E-state index contributed by atoms with van der Waals surface area (Å²) in [5, 5.41) is 13.2. The minimum absolute atomic E-state index is 0.191. The molecule has 3 aromatic rings. The number of nitrogens with zero attached hydrogens (tertiary/aromatic N) is 5. The second-order valence-corrected chi connectivity index (χ2v) is 4.68. The number of anilines is 1. The lowest BCUT2D eigenvalue weighted by atomic mass is 10.2. The summed E-state index contributed by atoms with van der Waals surface area (Å²) in [4.78, 5) is 4.29. The van der Waals surface area contributed by atoms with Gasteiger partial charge in [-0.05, 0) is 24.6 Å². The van der Waals surface area contributed by atoms with Crippen LogP contribution in [0.2, 0.25) is 0 Å². The van der Waals surface area contributed by atoms with Crippen LogP contribution < -0.4 is 5.73 Å². The van der Waals surface area contributed by atoms with Crippen molar-refractivity contribution in [2.45, 2.75) is 13.3 Å². The third-order valence-electron chi connectivity index (χ3n) is 3.38. The van der Waals surface area contributed by atoms with E-state index >= 15 is 0 Å². The lowest BCUT2D eigenvalue weighted by Gasteiger charge is -2.08. The average Bonchev–Trinajstić information content (AvgIpc) is 2.96. The molecule has 0 aliphatic heterocycles. The lowest BCUT2D eigenvalue weighted by Crippen LogP contribution is -2.06. The summed E-state index contributed by atoms with van der Waals surface area (Å²) in [6.07, 6.45) is 0.712. The van der Waals surface area contributed by atoms with E-state index in [9.17, 15) is 4.39 Å². The van der Waals surface area contributed by atoms with Gasteiger partial charge in [0.2, 0.25) is 5.95 Å². The normalized spacial score (nSPS) is 11.0. The Bertz CT molecular complexity index is 883. The third-order valence-corrected chi connectivity index (χ3v) is 3.38. The molecule has 0 bridgehead atoms. The highest BCUT2D eigenvalue weighted by Crippen LogP contribution is 2.27. The summed E-state index contributed by atoms with van der Waals surface area (Å²) in [6.45, 7) is 1.97. The predicted octanol–water partition coefficient (Wildman–Crippen LogP) is 1.91. The highest BCUT2D eigenvalue weighted by molar-refractivity contribution is 5.80. The number of nitrogen functional groups attached to an aromatic ring is 1. The van der Waals surface area contributed by atoms with E-state index in [1.165, 1.54) is 16.7 Å². The van der Waals surface area contributed by atoms with Crippen molar-refractivity contribution in [1.82, 2.24) is 19.3 Å². The molecule has 2 aromatic heterocycles. The van der Waals surface area contributed by atoms with Gasteiger partial charge in [0, 0.05) is 7.05 Å². The maximum absolute atomic E-state index is 14.2. The molecule has 0 fully saturated rings. The fourth-order valence-corrected chi connectivity index (χ4v) is 2.43. The van der Waals surface area contributed by atoms with Crippen LogP contribution in [0.25, 0.3) is 16.9 Å². The number of aryl methyl sites for hydroxylation is 2. The maximum atomic E-state index is 14.2. The molecule has 106 valence electrons. The Morgan fingerprint density at radius 2 is 2.19 bits per heavy atom. The Kier molecular flexibility index (Phi) is 2.87. The quantitative estimate of drug-likeness (QED) is 0.779. The van der Waals surface area contributed by atoms with E-state index in [0.717, 1.165) is 5.69 Å². The number of hydrogen-bond donors (Lipinski definition) is 1. The van der Waals surface area contributed by atoms with Gasteiger partial charge in [0.1, 0.15) is 11.3 Å². The molecule has 7 heteroatoms. The highest BCUT2D eigenvalue weighted by Gasteiger charge is 2.20. The summed E-state index contributed by atoms with van der Waals surface area (Å²) in [5.41, 5.74) is 8.56. The second kappa shape index (κ2) is 4.59. The van der Waals surface area contributed by atoms with Gasteiger partial charge in [0.25, 0.3) is 0 Å². The van der Waals surface area contributed by atoms with Crippen LogP contribution in [0.3, 0.4) is 0 Å². The van der Waals surface area contributed by atoms with Crippen LogP contribution in [0.15, 0.2) is 18.2 Å². The van der Waals surface area contributed by atoms with Gasteiger partial charge in [-0.2, -0.15) is 10.4 Å². The Balaban J connectivity index is 2.33. The van der Waals surface area contributed by atoms with Gasteiger partial charge in [0.05, 0.1) is 23.0 Å². The second-order valence-electron chi connectivity index (χ2n) is 4.68. The lowest BCUT2D eigenvalue weighted by molar-refractivity contribution is 0.617. The molecule has 1 aromatic carbocycles. The molecule has 3 rings (SSSR count). The fourth-order valence-electron chi connectivity index (χ4n) is 2.43. The monoisotopic (exact) mass is 284 g/mol. The van der Waals surface area contributed by atoms with Crippen LogP contribution in [0, 0.1) is 17.1 Å². The first-order valence-electron chi connectivity index (χ1n) is 6.46. The van der Waals surface area contributed by atoms with Crippen LogP contribution in [-0.4, -0.2) is 19.3 Å². The molecule has 0 atom stereocenters. The number of benzene rings is 1. The minimum Gasteiger partial charge on any atom is -0.369 e. The summed E-state index contributed by atoms with van der Waals surface area (Å²) in [5.74, 6) is -0.337. The van der Waals surface area contributed by atoms with Crippen molar-refractivity contribution in [2.75, 3.05) is 5.73 Å². The topological polar surface area (TPSA) is 85.5 Å². The van der Waals surface area contributed by atoms with E-state index in [4.69, 9.17) is 11.0 Å². The minimum atomic E-state index is -0.528. The van der Waals surface area contributed by atoms with Crippen molar-refractivity contribution in [3.63, 3.8) is 0 Å². The number of fused-ring (bicyclic) bond motifs is 1. The summed E-state index contributed by atoms with van der Waals surface area (Å²) in [6, 6.07) is 6.14. The Morgan fingerprint density at radius 3 is 2.81 bits per heavy atom. The average molecular weight is 284 g/mol. The molecule has 0 saturated carbocycles. The first-order valence-corrected chi connectivity index (χ1v) is 6.46. The van der Waals surface area contributed by atoms with E-state index in [1.807, 2.05) is 13.0 Å². The molecular formula is C14H13FN6. The molecule has 0 unspecified atom stereocenters. The number of aromatic nitrogens is 4. The Hall–Kier alpha value is -2.88. The molecule has 0 radical (unpaired) electrons. The van der Waals surface area contributed by atoms with Crippen molar-refractivity contribution >= 4 is 17.1 Å². The number of nitrogens with two attached hydrogens (primary N) is 1. The van der Waals surface area contributed by atoms with E-state index in [2.05, 4.69) is 10.1 Å². The van der Waals surface area contributed by atoms with Crippen LogP contribution in [-0.2, 0) is 13.5 Å². The van der Waals surface area contributed by atoms with Crippen molar-refractivity contribution < 1.29 is 4.39 Å². The van der Waals surface area contributed by atoms with Gasteiger partial charge < -0.3 is 5.73 Å². The molecule has 21 heavy (non-hydrogen) atoms. The summed E-state index contributed by atoms with van der Waals surface area (Å²) < 4.78 is 17.4. The van der Waals surface area contributed by atoms with Gasteiger partial charge >= 0.3 is 0 Å². The number of hydrogen-bond acceptors (Lipinski definition) is 4. The molecule has 0 saturated heterocycles. The zero-order valence-electron chi connectivity index (χ0n) is 11.6. The summed E-state index contributed by atoms with van der Waals surface area (Å²) >= 11 is 0. The van der Waals surface area contributed by atoms with Gasteiger partial charge in [-0.1, -0.05) is 6.92 Å². The third kappa shape index (κ3) is 1.84. The molecule has 2 heterocycles. The van der Waals surface area contributed by atoms with Crippen LogP contribution in [0.4, 0.5) is 10.3 Å².